The van der Waals surface area contributed by atoms with Crippen LogP contribution in [0.3, 0.4) is 0 Å². The van der Waals surface area contributed by atoms with E-state index in [1.165, 1.54) is 31.5 Å². The zero-order valence-electron chi connectivity index (χ0n) is 11.2. The van der Waals surface area contributed by atoms with Crippen molar-refractivity contribution < 1.29 is 0 Å². The van der Waals surface area contributed by atoms with Gasteiger partial charge in [0.15, 0.2) is 0 Å². The lowest BCUT2D eigenvalue weighted by Crippen LogP contribution is -2.34. The molecule has 0 unspecified atom stereocenters. The maximum atomic E-state index is 2.41. The molecule has 0 bridgehead atoms. The second-order valence-corrected chi connectivity index (χ2v) is 5.62. The van der Waals surface area contributed by atoms with Gasteiger partial charge in [0.25, 0.3) is 0 Å². The van der Waals surface area contributed by atoms with Gasteiger partial charge in [0, 0.05) is 0 Å². The summed E-state index contributed by atoms with van der Waals surface area (Å²) in [6.45, 7) is 9.38. The number of rotatable bonds is 0. The number of piperidine rings is 1. The van der Waals surface area contributed by atoms with Crippen LogP contribution in [-0.2, 0) is 0 Å². The molecular formula is C15H25N. The first-order valence-electron chi connectivity index (χ1n) is 6.20. The van der Waals surface area contributed by atoms with E-state index in [1.54, 1.807) is 0 Å². The van der Waals surface area contributed by atoms with Crippen LogP contribution in [0.4, 0.5) is 0 Å². The van der Waals surface area contributed by atoms with Crippen molar-refractivity contribution >= 4 is 0 Å². The lowest BCUT2D eigenvalue weighted by Gasteiger charge is -2.34. The predicted molar refractivity (Wildman–Crippen MR) is 71.7 cm³/mol. The van der Waals surface area contributed by atoms with E-state index in [9.17, 15) is 0 Å². The first kappa shape index (κ1) is 13.2. The fraction of sp³-hybridized carbons (Fsp3) is 0.600. The second-order valence-electron chi connectivity index (χ2n) is 5.62. The van der Waals surface area contributed by atoms with Gasteiger partial charge in [-0.1, -0.05) is 49.7 Å². The largest absolute Gasteiger partial charge is 0.306 e. The van der Waals surface area contributed by atoms with Crippen LogP contribution in [-0.4, -0.2) is 25.0 Å². The molecule has 1 nitrogen and oxygen atoms in total. The molecule has 1 aliphatic rings. The SMILES string of the molecule is CN1CCC(C)(C)CC1.Cc1ccccc1. The van der Waals surface area contributed by atoms with Gasteiger partial charge < -0.3 is 4.90 Å². The van der Waals surface area contributed by atoms with Crippen molar-refractivity contribution in [2.45, 2.75) is 33.6 Å². The summed E-state index contributed by atoms with van der Waals surface area (Å²) in [5, 5.41) is 0. The quantitative estimate of drug-likeness (QED) is 0.642. The molecule has 0 atom stereocenters. The molecule has 1 saturated heterocycles. The molecule has 16 heavy (non-hydrogen) atoms. The summed E-state index contributed by atoms with van der Waals surface area (Å²) in [4.78, 5) is 2.41. The van der Waals surface area contributed by atoms with Gasteiger partial charge in [-0.05, 0) is 45.3 Å². The molecule has 1 fully saturated rings. The number of likely N-dealkylation sites (tertiary alicyclic amines) is 1. The summed E-state index contributed by atoms with van der Waals surface area (Å²) in [6.07, 6.45) is 2.73. The van der Waals surface area contributed by atoms with E-state index >= 15 is 0 Å². The summed E-state index contributed by atoms with van der Waals surface area (Å²) in [5.41, 5.74) is 1.94. The minimum Gasteiger partial charge on any atom is -0.306 e. The first-order valence-corrected chi connectivity index (χ1v) is 6.20. The molecular weight excluding hydrogens is 194 g/mol. The van der Waals surface area contributed by atoms with Crippen molar-refractivity contribution in [3.63, 3.8) is 0 Å². The van der Waals surface area contributed by atoms with Crippen molar-refractivity contribution in [2.24, 2.45) is 5.41 Å². The molecule has 2 rings (SSSR count). The van der Waals surface area contributed by atoms with Crippen molar-refractivity contribution in [1.29, 1.82) is 0 Å². The molecule has 1 heteroatoms. The van der Waals surface area contributed by atoms with E-state index < -0.39 is 0 Å². The van der Waals surface area contributed by atoms with Crippen molar-refractivity contribution in [1.82, 2.24) is 4.90 Å². The standard InChI is InChI=1S/C8H17N.C7H8/c1-8(2)4-6-9(3)7-5-8;1-7-5-3-2-4-6-7/h4-7H2,1-3H3;2-6H,1H3. The molecule has 0 aliphatic carbocycles. The third kappa shape index (κ3) is 5.32. The molecule has 0 spiro atoms. The number of benzene rings is 1. The molecule has 0 aromatic heterocycles. The van der Waals surface area contributed by atoms with Crippen LogP contribution >= 0.6 is 0 Å². The van der Waals surface area contributed by atoms with Gasteiger partial charge in [-0.3, -0.25) is 0 Å². The molecule has 1 aromatic rings. The Kier molecular flexibility index (Phi) is 5.01. The van der Waals surface area contributed by atoms with Crippen LogP contribution in [0.25, 0.3) is 0 Å². The monoisotopic (exact) mass is 219 g/mol. The molecule has 0 saturated carbocycles. The van der Waals surface area contributed by atoms with Gasteiger partial charge in [0.05, 0.1) is 0 Å². The molecule has 1 aromatic carbocycles. The molecule has 1 aliphatic heterocycles. The van der Waals surface area contributed by atoms with Crippen LogP contribution in [0.15, 0.2) is 30.3 Å². The summed E-state index contributed by atoms with van der Waals surface area (Å²) in [5.74, 6) is 0. The molecule has 1 heterocycles. The van der Waals surface area contributed by atoms with E-state index in [-0.39, 0.29) is 0 Å². The molecule has 0 radical (unpaired) electrons. The highest BCUT2D eigenvalue weighted by Crippen LogP contribution is 2.28. The van der Waals surface area contributed by atoms with Gasteiger partial charge in [0.2, 0.25) is 0 Å². The Morgan fingerprint density at radius 2 is 1.50 bits per heavy atom. The summed E-state index contributed by atoms with van der Waals surface area (Å²) < 4.78 is 0. The third-order valence-corrected chi connectivity index (χ3v) is 3.28. The average molecular weight is 219 g/mol. The van der Waals surface area contributed by atoms with E-state index in [0.29, 0.717) is 5.41 Å². The Morgan fingerprint density at radius 1 is 1.00 bits per heavy atom. The van der Waals surface area contributed by atoms with Crippen LogP contribution < -0.4 is 0 Å². The Hall–Kier alpha value is -0.820. The highest BCUT2D eigenvalue weighted by molar-refractivity contribution is 5.11. The summed E-state index contributed by atoms with van der Waals surface area (Å²) in [7, 11) is 2.20. The average Bonchev–Trinajstić information content (AvgIpc) is 2.25. The smallest absolute Gasteiger partial charge is 0.00167 e. The van der Waals surface area contributed by atoms with Crippen molar-refractivity contribution in [3.8, 4) is 0 Å². The fourth-order valence-electron chi connectivity index (χ4n) is 1.76. The zero-order valence-corrected chi connectivity index (χ0v) is 11.2. The minimum absolute atomic E-state index is 0.618. The van der Waals surface area contributed by atoms with Gasteiger partial charge in [-0.25, -0.2) is 0 Å². The third-order valence-electron chi connectivity index (χ3n) is 3.28. The van der Waals surface area contributed by atoms with Crippen molar-refractivity contribution in [3.05, 3.63) is 35.9 Å². The number of hydrogen-bond acceptors (Lipinski definition) is 1. The summed E-state index contributed by atoms with van der Waals surface area (Å²) in [6, 6.07) is 10.3. The van der Waals surface area contributed by atoms with E-state index in [4.69, 9.17) is 0 Å². The maximum Gasteiger partial charge on any atom is -0.00167 e. The van der Waals surface area contributed by atoms with Crippen LogP contribution in [0.1, 0.15) is 32.3 Å². The Labute approximate surface area is 100 Å². The highest BCUT2D eigenvalue weighted by Gasteiger charge is 2.22. The minimum atomic E-state index is 0.618. The predicted octanol–water partition coefficient (Wildman–Crippen LogP) is 3.73. The van der Waals surface area contributed by atoms with Crippen molar-refractivity contribution in [2.75, 3.05) is 20.1 Å². The Balaban J connectivity index is 0.000000165. The lowest BCUT2D eigenvalue weighted by molar-refractivity contribution is 0.157. The summed E-state index contributed by atoms with van der Waals surface area (Å²) >= 11 is 0. The molecule has 0 N–H and O–H groups in total. The van der Waals surface area contributed by atoms with Crippen LogP contribution in [0, 0.1) is 12.3 Å². The first-order chi connectivity index (χ1) is 7.49. The number of hydrogen-bond donors (Lipinski definition) is 0. The van der Waals surface area contributed by atoms with E-state index in [0.717, 1.165) is 0 Å². The normalized spacial score (nSPS) is 19.8. The lowest BCUT2D eigenvalue weighted by atomic mass is 9.83. The fourth-order valence-corrected chi connectivity index (χ4v) is 1.76. The molecule has 90 valence electrons. The highest BCUT2D eigenvalue weighted by atomic mass is 15.1. The number of aryl methyl sites for hydroxylation is 1. The maximum absolute atomic E-state index is 2.41. The topological polar surface area (TPSA) is 3.24 Å². The number of nitrogens with zero attached hydrogens (tertiary/aromatic N) is 1. The zero-order chi connectivity index (χ0) is 12.0. The Morgan fingerprint density at radius 3 is 1.81 bits per heavy atom. The molecule has 0 amide bonds. The van der Waals surface area contributed by atoms with Gasteiger partial charge in [0.1, 0.15) is 0 Å². The van der Waals surface area contributed by atoms with Gasteiger partial charge >= 0.3 is 0 Å². The van der Waals surface area contributed by atoms with E-state index in [1.807, 2.05) is 18.2 Å². The Bertz CT molecular complexity index is 280. The van der Waals surface area contributed by atoms with E-state index in [2.05, 4.69) is 44.9 Å². The van der Waals surface area contributed by atoms with Crippen LogP contribution in [0.5, 0.6) is 0 Å². The second kappa shape index (κ2) is 6.05. The van der Waals surface area contributed by atoms with Gasteiger partial charge in [-0.15, -0.1) is 0 Å². The van der Waals surface area contributed by atoms with Gasteiger partial charge in [-0.2, -0.15) is 0 Å². The van der Waals surface area contributed by atoms with Crippen LogP contribution in [0.2, 0.25) is 0 Å².